The fourth-order valence-electron chi connectivity index (χ4n) is 3.85. The van der Waals surface area contributed by atoms with Crippen LogP contribution in [0.2, 0.25) is 0 Å². The number of fused-ring (bicyclic) bond motifs is 1. The number of benzene rings is 2. The van der Waals surface area contributed by atoms with Crippen molar-refractivity contribution in [2.45, 2.75) is 44.8 Å². The Morgan fingerprint density at radius 3 is 2.54 bits per heavy atom. The van der Waals surface area contributed by atoms with E-state index in [1.807, 2.05) is 38.1 Å². The van der Waals surface area contributed by atoms with Crippen LogP contribution in [-0.4, -0.2) is 43.2 Å². The maximum Gasteiger partial charge on any atom is 0.212 e. The third-order valence-corrected chi connectivity index (χ3v) is 6.49. The molecule has 4 aromatic rings. The van der Waals surface area contributed by atoms with Gasteiger partial charge in [-0.15, -0.1) is 0 Å². The molecule has 2 N–H and O–H groups in total. The second-order valence-corrected chi connectivity index (χ2v) is 9.59. The van der Waals surface area contributed by atoms with Crippen molar-refractivity contribution in [2.75, 3.05) is 0 Å². The monoisotopic (exact) mass is 494 g/mol. The Bertz CT molecular complexity index is 1330. The molecule has 182 valence electrons. The summed E-state index contributed by atoms with van der Waals surface area (Å²) in [7, 11) is 0. The number of hydrogen-bond acceptors (Lipinski definition) is 7. The maximum atomic E-state index is 13.7. The van der Waals surface area contributed by atoms with Crippen LogP contribution in [-0.2, 0) is 4.79 Å². The van der Waals surface area contributed by atoms with Crippen LogP contribution in [0.15, 0.2) is 54.6 Å². The van der Waals surface area contributed by atoms with Gasteiger partial charge in [0.1, 0.15) is 5.82 Å². The second kappa shape index (κ2) is 10.5. The number of para-hydroxylation sites is 1. The van der Waals surface area contributed by atoms with Crippen molar-refractivity contribution in [3.63, 3.8) is 0 Å². The summed E-state index contributed by atoms with van der Waals surface area (Å²) < 4.78 is 16.5. The quantitative estimate of drug-likeness (QED) is 0.367. The van der Waals surface area contributed by atoms with Gasteiger partial charge in [-0.1, -0.05) is 49.5 Å². The molecule has 0 saturated carbocycles. The van der Waals surface area contributed by atoms with Gasteiger partial charge < -0.3 is 20.1 Å². The van der Waals surface area contributed by atoms with Crippen molar-refractivity contribution in [3.05, 3.63) is 71.7 Å². The lowest BCUT2D eigenvalue weighted by atomic mass is 9.98. The Morgan fingerprint density at radius 1 is 1.17 bits per heavy atom. The van der Waals surface area contributed by atoms with Crippen molar-refractivity contribution < 1.29 is 24.5 Å². The molecule has 35 heavy (non-hydrogen) atoms. The van der Waals surface area contributed by atoms with E-state index in [1.165, 1.54) is 29.5 Å². The number of carbonyl (C=O) groups is 1. The Hall–Kier alpha value is -3.40. The number of rotatable bonds is 9. The lowest BCUT2D eigenvalue weighted by molar-refractivity contribution is -0.307. The van der Waals surface area contributed by atoms with Crippen LogP contribution in [0.3, 0.4) is 0 Å². The normalized spacial score (nSPS) is 13.7. The number of halogens is 1. The molecule has 0 aliphatic carbocycles. The standard InChI is InChI=1S/C26H26FN3O4S/c1-15(2)24-20(12-11-18(31)13-19(32)14-23(33)34)25(16-7-9-17(27)10-8-16)30(29-24)26-28-21-5-3-4-6-22(21)35-26/h3-12,15,18-19,31-32H,13-14H2,1-2H3,(H,33,34)/p-1/b12-11+/t18-,19-/m1/s1. The Balaban J connectivity index is 1.82. The van der Waals surface area contributed by atoms with Crippen molar-refractivity contribution in [1.29, 1.82) is 0 Å². The number of aliphatic hydroxyl groups excluding tert-OH is 2. The van der Waals surface area contributed by atoms with E-state index in [-0.39, 0.29) is 18.2 Å². The Morgan fingerprint density at radius 2 is 1.89 bits per heavy atom. The van der Waals surface area contributed by atoms with E-state index >= 15 is 0 Å². The lowest BCUT2D eigenvalue weighted by Crippen LogP contribution is -2.29. The molecule has 0 radical (unpaired) electrons. The van der Waals surface area contributed by atoms with Gasteiger partial charge in [-0.25, -0.2) is 14.1 Å². The minimum Gasteiger partial charge on any atom is -0.550 e. The number of aliphatic carboxylic acids is 1. The molecule has 7 nitrogen and oxygen atoms in total. The number of carboxylic acids is 1. The van der Waals surface area contributed by atoms with E-state index in [9.17, 15) is 24.5 Å². The molecule has 0 spiro atoms. The van der Waals surface area contributed by atoms with Gasteiger partial charge in [0.25, 0.3) is 0 Å². The number of carboxylic acid groups (broad SMARTS) is 1. The number of nitrogens with zero attached hydrogens (tertiary/aromatic N) is 3. The lowest BCUT2D eigenvalue weighted by Gasteiger charge is -2.13. The van der Waals surface area contributed by atoms with E-state index in [0.717, 1.165) is 27.0 Å². The average Bonchev–Trinajstić information content (AvgIpc) is 3.39. The third-order valence-electron chi connectivity index (χ3n) is 5.48. The van der Waals surface area contributed by atoms with Crippen molar-refractivity contribution in [3.8, 4) is 16.4 Å². The van der Waals surface area contributed by atoms with Gasteiger partial charge in [0.05, 0.1) is 33.8 Å². The molecule has 2 atom stereocenters. The van der Waals surface area contributed by atoms with Crippen LogP contribution in [0.25, 0.3) is 32.7 Å². The highest BCUT2D eigenvalue weighted by Gasteiger charge is 2.23. The van der Waals surface area contributed by atoms with Gasteiger partial charge in [0, 0.05) is 29.9 Å². The molecule has 9 heteroatoms. The zero-order valence-corrected chi connectivity index (χ0v) is 20.1. The first-order valence-corrected chi connectivity index (χ1v) is 12.0. The summed E-state index contributed by atoms with van der Waals surface area (Å²) in [5.74, 6) is -1.73. The molecule has 2 aromatic heterocycles. The minimum atomic E-state index is -1.38. The zero-order valence-electron chi connectivity index (χ0n) is 19.3. The van der Waals surface area contributed by atoms with Crippen LogP contribution in [0.5, 0.6) is 0 Å². The summed E-state index contributed by atoms with van der Waals surface area (Å²) in [5, 5.41) is 36.4. The number of aromatic nitrogens is 3. The fraction of sp³-hybridized carbons (Fsp3) is 0.269. The number of thiazole rings is 1. The predicted molar refractivity (Wildman–Crippen MR) is 132 cm³/mol. The molecular formula is C26H25FN3O4S-. The molecule has 0 aliphatic heterocycles. The van der Waals surface area contributed by atoms with Gasteiger partial charge >= 0.3 is 0 Å². The van der Waals surface area contributed by atoms with Gasteiger partial charge in [0.2, 0.25) is 5.13 Å². The molecule has 2 heterocycles. The van der Waals surface area contributed by atoms with Crippen LogP contribution in [0.1, 0.15) is 43.9 Å². The Labute approximate surface area is 205 Å². The number of aliphatic hydroxyl groups is 2. The summed E-state index contributed by atoms with van der Waals surface area (Å²) in [6, 6.07) is 13.8. The zero-order chi connectivity index (χ0) is 25.1. The van der Waals surface area contributed by atoms with E-state index in [2.05, 4.69) is 0 Å². The van der Waals surface area contributed by atoms with E-state index in [1.54, 1.807) is 22.9 Å². The predicted octanol–water partition coefficient (Wildman–Crippen LogP) is 3.68. The molecule has 2 aromatic carbocycles. The van der Waals surface area contributed by atoms with Gasteiger partial charge in [-0.2, -0.15) is 5.10 Å². The topological polar surface area (TPSA) is 111 Å². The second-order valence-electron chi connectivity index (χ2n) is 8.58. The van der Waals surface area contributed by atoms with Crippen LogP contribution >= 0.6 is 11.3 Å². The molecular weight excluding hydrogens is 469 g/mol. The first-order valence-electron chi connectivity index (χ1n) is 11.2. The highest BCUT2D eigenvalue weighted by atomic mass is 32.1. The number of carbonyl (C=O) groups excluding carboxylic acids is 1. The Kier molecular flexibility index (Phi) is 7.39. The largest absolute Gasteiger partial charge is 0.550 e. The summed E-state index contributed by atoms with van der Waals surface area (Å²) in [6.07, 6.45) is 0.179. The summed E-state index contributed by atoms with van der Waals surface area (Å²) in [5.41, 5.74) is 3.72. The first-order chi connectivity index (χ1) is 16.7. The van der Waals surface area contributed by atoms with Gasteiger partial charge in [-0.05, 0) is 42.3 Å². The van der Waals surface area contributed by atoms with Crippen molar-refractivity contribution >= 4 is 33.6 Å². The minimum absolute atomic E-state index is 0.0188. The highest BCUT2D eigenvalue weighted by molar-refractivity contribution is 7.20. The van der Waals surface area contributed by atoms with Crippen LogP contribution < -0.4 is 5.11 Å². The molecule has 0 aliphatic rings. The maximum absolute atomic E-state index is 13.7. The summed E-state index contributed by atoms with van der Waals surface area (Å²) in [6.45, 7) is 3.99. The highest BCUT2D eigenvalue weighted by Crippen LogP contribution is 2.36. The fourth-order valence-corrected chi connectivity index (χ4v) is 4.78. The molecule has 0 unspecified atom stereocenters. The van der Waals surface area contributed by atoms with Gasteiger partial charge in [0.15, 0.2) is 0 Å². The van der Waals surface area contributed by atoms with E-state index in [0.29, 0.717) is 10.8 Å². The molecule has 4 rings (SSSR count). The average molecular weight is 495 g/mol. The first kappa shape index (κ1) is 24.7. The number of hydrogen-bond donors (Lipinski definition) is 2. The van der Waals surface area contributed by atoms with E-state index < -0.39 is 24.6 Å². The molecule has 0 saturated heterocycles. The smallest absolute Gasteiger partial charge is 0.212 e. The summed E-state index contributed by atoms with van der Waals surface area (Å²) in [4.78, 5) is 15.4. The van der Waals surface area contributed by atoms with Crippen molar-refractivity contribution in [2.24, 2.45) is 0 Å². The SMILES string of the molecule is CC(C)c1nn(-c2nc3ccccc3s2)c(-c2ccc(F)cc2)c1/C=C/[C@@H](O)C[C@@H](O)CC(=O)[O-]. The third kappa shape index (κ3) is 5.64. The van der Waals surface area contributed by atoms with Crippen LogP contribution in [0.4, 0.5) is 4.39 Å². The van der Waals surface area contributed by atoms with Gasteiger partial charge in [-0.3, -0.25) is 0 Å². The van der Waals surface area contributed by atoms with Crippen molar-refractivity contribution in [1.82, 2.24) is 14.8 Å². The molecule has 0 bridgehead atoms. The van der Waals surface area contributed by atoms with Crippen LogP contribution in [0, 0.1) is 5.82 Å². The molecule has 0 amide bonds. The van der Waals surface area contributed by atoms with E-state index in [4.69, 9.17) is 10.1 Å². The summed E-state index contributed by atoms with van der Waals surface area (Å²) >= 11 is 1.48. The molecule has 0 fully saturated rings.